The normalized spacial score (nSPS) is 10.6. The fourth-order valence-corrected chi connectivity index (χ4v) is 3.30. The van der Waals surface area contributed by atoms with E-state index in [1.165, 1.54) is 23.9 Å². The second-order valence-electron chi connectivity index (χ2n) is 5.96. The first kappa shape index (κ1) is 20.4. The zero-order valence-electron chi connectivity index (χ0n) is 15.6. The highest BCUT2D eigenvalue weighted by Gasteiger charge is 2.14. The van der Waals surface area contributed by atoms with E-state index >= 15 is 0 Å². The monoisotopic (exact) mass is 414 g/mol. The molecule has 0 fully saturated rings. The van der Waals surface area contributed by atoms with E-state index in [0.29, 0.717) is 23.7 Å². The van der Waals surface area contributed by atoms with Crippen LogP contribution in [0.4, 0.5) is 15.9 Å². The molecule has 9 heteroatoms. The van der Waals surface area contributed by atoms with Gasteiger partial charge in [0.25, 0.3) is 11.5 Å². The summed E-state index contributed by atoms with van der Waals surface area (Å²) >= 11 is 1.20. The molecule has 0 atom stereocenters. The van der Waals surface area contributed by atoms with Crippen LogP contribution in [0, 0.1) is 5.82 Å². The number of halogens is 1. The van der Waals surface area contributed by atoms with Gasteiger partial charge in [0.1, 0.15) is 17.3 Å². The lowest BCUT2D eigenvalue weighted by molar-refractivity contribution is 0.102. The van der Waals surface area contributed by atoms with Crippen LogP contribution in [-0.2, 0) is 5.75 Å². The Morgan fingerprint density at radius 1 is 1.28 bits per heavy atom. The molecule has 0 bridgehead atoms. The van der Waals surface area contributed by atoms with Gasteiger partial charge in [0.05, 0.1) is 6.61 Å². The minimum absolute atomic E-state index is 0.102. The molecule has 1 amide bonds. The minimum Gasteiger partial charge on any atom is -0.494 e. The molecule has 1 heterocycles. The smallest absolute Gasteiger partial charge is 0.277 e. The molecule has 0 saturated carbocycles. The van der Waals surface area contributed by atoms with Crippen molar-refractivity contribution in [1.82, 2.24) is 9.97 Å². The molecule has 4 N–H and O–H groups in total. The summed E-state index contributed by atoms with van der Waals surface area (Å²) in [6.07, 6.45) is 0. The molecule has 0 saturated heterocycles. The molecule has 0 radical (unpaired) electrons. The minimum atomic E-state index is -0.571. The molecule has 1 aromatic heterocycles. The Morgan fingerprint density at radius 3 is 2.69 bits per heavy atom. The second kappa shape index (κ2) is 9.24. The maximum Gasteiger partial charge on any atom is 0.277 e. The van der Waals surface area contributed by atoms with Gasteiger partial charge in [-0.2, -0.15) is 0 Å². The van der Waals surface area contributed by atoms with Crippen LogP contribution in [0.15, 0.2) is 58.5 Å². The lowest BCUT2D eigenvalue weighted by Crippen LogP contribution is -2.23. The number of aromatic nitrogens is 2. The summed E-state index contributed by atoms with van der Waals surface area (Å²) in [6, 6.07) is 12.6. The van der Waals surface area contributed by atoms with Crippen molar-refractivity contribution in [2.24, 2.45) is 0 Å². The van der Waals surface area contributed by atoms with Gasteiger partial charge in [-0.3, -0.25) is 14.6 Å². The number of nitrogens with zero attached hydrogens (tertiary/aromatic N) is 1. The predicted octanol–water partition coefficient (Wildman–Crippen LogP) is 3.43. The fraction of sp³-hybridized carbons (Fsp3) is 0.150. The Kier molecular flexibility index (Phi) is 6.50. The van der Waals surface area contributed by atoms with Crippen LogP contribution in [0.25, 0.3) is 0 Å². The van der Waals surface area contributed by atoms with E-state index in [9.17, 15) is 14.0 Å². The summed E-state index contributed by atoms with van der Waals surface area (Å²) in [6.45, 7) is 2.38. The van der Waals surface area contributed by atoms with E-state index in [1.54, 1.807) is 36.4 Å². The van der Waals surface area contributed by atoms with Gasteiger partial charge in [0.15, 0.2) is 11.0 Å². The topological polar surface area (TPSA) is 110 Å². The number of H-pyrrole nitrogens is 1. The van der Waals surface area contributed by atoms with Gasteiger partial charge in [-0.15, -0.1) is 0 Å². The standard InChI is InChI=1S/C20H19FN4O3S/c1-2-28-15-8-6-13(7-9-15)18(26)23-16-17(22)24-20(25-19(16)27)29-11-12-4-3-5-14(21)10-12/h3-10H,2,11H2,1H3,(H,23,26)(H3,22,24,25,27). The van der Waals surface area contributed by atoms with Crippen molar-refractivity contribution in [3.8, 4) is 5.75 Å². The van der Waals surface area contributed by atoms with Crippen LogP contribution in [0.1, 0.15) is 22.8 Å². The van der Waals surface area contributed by atoms with Gasteiger partial charge in [-0.05, 0) is 48.9 Å². The maximum absolute atomic E-state index is 13.2. The van der Waals surface area contributed by atoms with Crippen molar-refractivity contribution in [3.63, 3.8) is 0 Å². The Hall–Kier alpha value is -3.33. The van der Waals surface area contributed by atoms with Crippen molar-refractivity contribution >= 4 is 29.2 Å². The number of carbonyl (C=O) groups excluding carboxylic acids is 1. The van der Waals surface area contributed by atoms with Crippen LogP contribution in [0.2, 0.25) is 0 Å². The number of benzene rings is 2. The largest absolute Gasteiger partial charge is 0.494 e. The molecule has 0 aliphatic heterocycles. The van der Waals surface area contributed by atoms with Gasteiger partial charge in [0.2, 0.25) is 0 Å². The average Bonchev–Trinajstić information content (AvgIpc) is 2.70. The van der Waals surface area contributed by atoms with Gasteiger partial charge in [-0.25, -0.2) is 9.37 Å². The highest BCUT2D eigenvalue weighted by Crippen LogP contribution is 2.22. The third kappa shape index (κ3) is 5.35. The van der Waals surface area contributed by atoms with Crippen LogP contribution in [0.3, 0.4) is 0 Å². The van der Waals surface area contributed by atoms with E-state index < -0.39 is 11.5 Å². The highest BCUT2D eigenvalue weighted by atomic mass is 32.2. The van der Waals surface area contributed by atoms with Crippen molar-refractivity contribution in [2.75, 3.05) is 17.7 Å². The summed E-state index contributed by atoms with van der Waals surface area (Å²) in [7, 11) is 0. The molecule has 3 aromatic rings. The number of aromatic amines is 1. The predicted molar refractivity (Wildman–Crippen MR) is 111 cm³/mol. The Labute approximate surface area is 170 Å². The summed E-state index contributed by atoms with van der Waals surface area (Å²) in [5.41, 5.74) is 6.25. The highest BCUT2D eigenvalue weighted by molar-refractivity contribution is 7.98. The third-order valence-electron chi connectivity index (χ3n) is 3.86. The van der Waals surface area contributed by atoms with Crippen LogP contribution >= 0.6 is 11.8 Å². The fourth-order valence-electron chi connectivity index (χ4n) is 2.49. The summed E-state index contributed by atoms with van der Waals surface area (Å²) in [4.78, 5) is 31.4. The second-order valence-corrected chi connectivity index (χ2v) is 6.93. The number of rotatable bonds is 7. The molecule has 150 valence electrons. The van der Waals surface area contributed by atoms with Crippen molar-refractivity contribution in [1.29, 1.82) is 0 Å². The Morgan fingerprint density at radius 2 is 2.03 bits per heavy atom. The van der Waals surface area contributed by atoms with E-state index in [0.717, 1.165) is 5.56 Å². The van der Waals surface area contributed by atoms with Crippen molar-refractivity contribution in [3.05, 3.63) is 75.8 Å². The maximum atomic E-state index is 13.2. The molecule has 0 unspecified atom stereocenters. The first-order valence-corrected chi connectivity index (χ1v) is 9.76. The van der Waals surface area contributed by atoms with Crippen LogP contribution in [-0.4, -0.2) is 22.5 Å². The number of carbonyl (C=O) groups is 1. The van der Waals surface area contributed by atoms with E-state index in [-0.39, 0.29) is 22.5 Å². The van der Waals surface area contributed by atoms with Gasteiger partial charge >= 0.3 is 0 Å². The summed E-state index contributed by atoms with van der Waals surface area (Å²) < 4.78 is 18.6. The summed E-state index contributed by atoms with van der Waals surface area (Å²) in [5, 5.41) is 2.76. The molecule has 0 spiro atoms. The van der Waals surface area contributed by atoms with Crippen molar-refractivity contribution < 1.29 is 13.9 Å². The zero-order valence-corrected chi connectivity index (χ0v) is 16.4. The summed E-state index contributed by atoms with van der Waals surface area (Å²) in [5.74, 6) is 0.110. The number of hydrogen-bond acceptors (Lipinski definition) is 6. The molecule has 3 rings (SSSR count). The molecular formula is C20H19FN4O3S. The molecule has 7 nitrogen and oxygen atoms in total. The lowest BCUT2D eigenvalue weighted by Gasteiger charge is -2.09. The third-order valence-corrected chi connectivity index (χ3v) is 4.80. The van der Waals surface area contributed by atoms with Crippen LogP contribution < -0.4 is 21.3 Å². The van der Waals surface area contributed by atoms with E-state index in [4.69, 9.17) is 10.5 Å². The average molecular weight is 414 g/mol. The number of amides is 1. The lowest BCUT2D eigenvalue weighted by atomic mass is 10.2. The van der Waals surface area contributed by atoms with Gasteiger partial charge in [-0.1, -0.05) is 23.9 Å². The quantitative estimate of drug-likeness (QED) is 0.404. The molecule has 0 aliphatic rings. The van der Waals surface area contributed by atoms with Crippen molar-refractivity contribution in [2.45, 2.75) is 17.8 Å². The van der Waals surface area contributed by atoms with Gasteiger partial charge < -0.3 is 15.8 Å². The number of hydrogen-bond donors (Lipinski definition) is 3. The number of ether oxygens (including phenoxy) is 1. The number of nitrogens with one attached hydrogen (secondary N) is 2. The SMILES string of the molecule is CCOc1ccc(C(=O)Nc2c(N)nc(SCc3cccc(F)c3)[nH]c2=O)cc1. The Balaban J connectivity index is 1.70. The zero-order chi connectivity index (χ0) is 20.8. The first-order chi connectivity index (χ1) is 14.0. The molecule has 0 aliphatic carbocycles. The van der Waals surface area contributed by atoms with Gasteiger partial charge in [0, 0.05) is 11.3 Å². The van der Waals surface area contributed by atoms with Crippen LogP contribution in [0.5, 0.6) is 5.75 Å². The first-order valence-electron chi connectivity index (χ1n) is 8.77. The molecular weight excluding hydrogens is 395 g/mol. The molecule has 29 heavy (non-hydrogen) atoms. The Bertz CT molecular complexity index is 1070. The van der Waals surface area contributed by atoms with E-state index in [1.807, 2.05) is 6.92 Å². The van der Waals surface area contributed by atoms with E-state index in [2.05, 4.69) is 15.3 Å². The number of thioether (sulfide) groups is 1. The number of nitrogens with two attached hydrogens (primary N) is 1. The molecule has 2 aromatic carbocycles. The number of anilines is 2. The number of nitrogen functional groups attached to an aromatic ring is 1.